The van der Waals surface area contributed by atoms with Crippen LogP contribution in [0.5, 0.6) is 5.75 Å². The smallest absolute Gasteiger partial charge is 0.245 e. The minimum atomic E-state index is -1.67. The Balaban J connectivity index is 1.78. The number of benzene rings is 1. The first-order valence-electron chi connectivity index (χ1n) is 26.0. The molecule has 8 atom stereocenters. The summed E-state index contributed by atoms with van der Waals surface area (Å²) in [7, 11) is 0. The van der Waals surface area contributed by atoms with Gasteiger partial charge < -0.3 is 80.2 Å². The zero-order valence-corrected chi connectivity index (χ0v) is 44.8. The van der Waals surface area contributed by atoms with Crippen molar-refractivity contribution in [3.8, 4) is 5.75 Å². The first kappa shape index (κ1) is 63.7. The number of aliphatic imine (C=N–C) groups is 1. The SMILES string of the molecule is CC(C)C[C@H](NC(=O)CNC(=O)[C@H](Cc1ccc(O)cc1)NC(=O)[C@H](CO)NC(=O)[C@H](CC(C)C)NC(=O)[C@H](CC(C)C)NC(=O)[C@@H]1CCC(=O)N1)C(=O)N[C@@H](CCCN=C(N)N)C(=O)N1CCC[C@H]1C(=O)NCC(N)=O. The largest absolute Gasteiger partial charge is 0.508 e. The van der Waals surface area contributed by atoms with Gasteiger partial charge in [-0.15, -0.1) is 0 Å². The van der Waals surface area contributed by atoms with Gasteiger partial charge in [0.05, 0.1) is 19.7 Å². The Hall–Kier alpha value is -7.58. The zero-order chi connectivity index (χ0) is 57.5. The predicted octanol–water partition coefficient (Wildman–Crippen LogP) is -3.99. The summed E-state index contributed by atoms with van der Waals surface area (Å²) in [6.07, 6.45) is 1.53. The second-order valence-electron chi connectivity index (χ2n) is 20.6. The Morgan fingerprint density at radius 2 is 1.19 bits per heavy atom. The van der Waals surface area contributed by atoms with Crippen LogP contribution in [0.15, 0.2) is 29.3 Å². The van der Waals surface area contributed by atoms with Crippen molar-refractivity contribution in [1.29, 1.82) is 0 Å². The molecule has 1 aromatic rings. The number of aromatic hydroxyl groups is 1. The molecule has 3 rings (SSSR count). The monoisotopic (exact) mass is 1080 g/mol. The van der Waals surface area contributed by atoms with E-state index in [1.165, 1.54) is 29.2 Å². The Morgan fingerprint density at radius 3 is 1.73 bits per heavy atom. The number of nitrogens with one attached hydrogen (secondary N) is 9. The minimum absolute atomic E-state index is 0.0276. The number of hydrogen-bond acceptors (Lipinski definition) is 14. The van der Waals surface area contributed by atoms with Crippen LogP contribution in [0.25, 0.3) is 0 Å². The number of aliphatic hydroxyl groups excluding tert-OH is 1. The molecule has 27 heteroatoms. The summed E-state index contributed by atoms with van der Waals surface area (Å²) in [4.78, 5) is 151. The van der Waals surface area contributed by atoms with Crippen LogP contribution in [0.3, 0.4) is 0 Å². The third kappa shape index (κ3) is 22.3. The van der Waals surface area contributed by atoms with Crippen LogP contribution in [0, 0.1) is 17.8 Å². The minimum Gasteiger partial charge on any atom is -0.508 e. The summed E-state index contributed by atoms with van der Waals surface area (Å²) < 4.78 is 0. The van der Waals surface area contributed by atoms with Gasteiger partial charge in [0.15, 0.2) is 5.96 Å². The van der Waals surface area contributed by atoms with E-state index in [1.807, 2.05) is 13.8 Å². The van der Waals surface area contributed by atoms with Crippen LogP contribution in [-0.4, -0.2) is 167 Å². The number of likely N-dealkylation sites (tertiary alicyclic amines) is 1. The normalized spacial score (nSPS) is 17.4. The topological polar surface area (TPSA) is 430 Å². The molecule has 0 aliphatic carbocycles. The van der Waals surface area contributed by atoms with Crippen molar-refractivity contribution in [3.63, 3.8) is 0 Å². The number of nitrogens with zero attached hydrogens (tertiary/aromatic N) is 2. The Bertz CT molecular complexity index is 2270. The molecule has 2 aliphatic rings. The summed E-state index contributed by atoms with van der Waals surface area (Å²) in [5.74, 6) is -8.61. The van der Waals surface area contributed by atoms with E-state index in [-0.39, 0.29) is 106 Å². The number of hydrogen-bond donors (Lipinski definition) is 14. The molecule has 2 saturated heterocycles. The molecule has 2 aliphatic heterocycles. The van der Waals surface area contributed by atoms with Crippen molar-refractivity contribution in [2.45, 2.75) is 154 Å². The van der Waals surface area contributed by atoms with Crippen LogP contribution < -0.4 is 65.1 Å². The molecule has 428 valence electrons. The lowest BCUT2D eigenvalue weighted by molar-refractivity contribution is -0.142. The molecule has 11 amide bonds. The lowest BCUT2D eigenvalue weighted by atomic mass is 9.99. The number of guanidine groups is 1. The van der Waals surface area contributed by atoms with Gasteiger partial charge in [0, 0.05) is 25.9 Å². The van der Waals surface area contributed by atoms with Crippen molar-refractivity contribution in [2.24, 2.45) is 39.9 Å². The molecule has 27 nitrogen and oxygen atoms in total. The van der Waals surface area contributed by atoms with Gasteiger partial charge in [-0.05, 0) is 86.8 Å². The van der Waals surface area contributed by atoms with E-state index in [9.17, 15) is 63.0 Å². The standard InChI is InChI=1S/C50H80N14O13/c1-26(2)19-33(44(72)59-32(9-7-17-54-50(52)53)49(77)64-18-8-10-38(64)48(76)55-23-39(51)67)58-41(69)24-56-42(70)36(22-29-11-13-30(66)14-12-29)62-47(75)37(25-65)63-46(74)35(21-28(5)6)61-45(73)34(20-27(3)4)60-43(71)31-15-16-40(68)57-31/h11-14,26-28,31-38,65-66H,7-10,15-25H2,1-6H3,(H2,51,67)(H,55,76)(H,56,70)(H,57,68)(H,58,69)(H,59,72)(H,60,71)(H,61,73)(H,62,75)(H,63,74)(H4,52,53,54)/t31-,32-,33-,34-,35-,36-,37-,38-/m0/s1. The van der Waals surface area contributed by atoms with Gasteiger partial charge in [-0.1, -0.05) is 53.7 Å². The summed E-state index contributed by atoms with van der Waals surface area (Å²) in [5.41, 5.74) is 16.6. The third-order valence-corrected chi connectivity index (χ3v) is 12.4. The van der Waals surface area contributed by atoms with Crippen LogP contribution in [0.4, 0.5) is 0 Å². The van der Waals surface area contributed by atoms with Crippen LogP contribution in [-0.2, 0) is 59.2 Å². The number of nitrogens with two attached hydrogens (primary N) is 3. The molecule has 0 radical (unpaired) electrons. The predicted molar refractivity (Wildman–Crippen MR) is 280 cm³/mol. The van der Waals surface area contributed by atoms with Crippen molar-refractivity contribution >= 4 is 70.9 Å². The highest BCUT2D eigenvalue weighted by atomic mass is 16.3. The maximum atomic E-state index is 14.0. The van der Waals surface area contributed by atoms with Gasteiger partial charge in [0.25, 0.3) is 0 Å². The highest BCUT2D eigenvalue weighted by molar-refractivity contribution is 5.98. The van der Waals surface area contributed by atoms with Crippen LogP contribution in [0.2, 0.25) is 0 Å². The summed E-state index contributed by atoms with van der Waals surface area (Å²) >= 11 is 0. The number of carbonyl (C=O) groups is 11. The van der Waals surface area contributed by atoms with E-state index in [0.29, 0.717) is 12.0 Å². The second kappa shape index (κ2) is 31.5. The summed E-state index contributed by atoms with van der Waals surface area (Å²) in [5, 5.41) is 43.3. The van der Waals surface area contributed by atoms with E-state index in [4.69, 9.17) is 17.2 Å². The average molecular weight is 1090 g/mol. The maximum absolute atomic E-state index is 14.0. The Morgan fingerprint density at radius 1 is 0.662 bits per heavy atom. The highest BCUT2D eigenvalue weighted by Crippen LogP contribution is 2.21. The van der Waals surface area contributed by atoms with E-state index in [0.717, 1.165) is 0 Å². The van der Waals surface area contributed by atoms with Crippen molar-refractivity contribution < 1.29 is 63.0 Å². The zero-order valence-electron chi connectivity index (χ0n) is 44.8. The molecule has 0 spiro atoms. The summed E-state index contributed by atoms with van der Waals surface area (Å²) in [6.45, 7) is 8.98. The first-order chi connectivity index (χ1) is 36.3. The van der Waals surface area contributed by atoms with E-state index >= 15 is 0 Å². The van der Waals surface area contributed by atoms with Crippen molar-refractivity contribution in [3.05, 3.63) is 29.8 Å². The molecular weight excluding hydrogens is 1000 g/mol. The van der Waals surface area contributed by atoms with E-state index < -0.39 is 127 Å². The van der Waals surface area contributed by atoms with Gasteiger partial charge >= 0.3 is 0 Å². The molecule has 0 saturated carbocycles. The lowest BCUT2D eigenvalue weighted by Crippen LogP contribution is -2.60. The van der Waals surface area contributed by atoms with Gasteiger partial charge in [-0.25, -0.2) is 0 Å². The summed E-state index contributed by atoms with van der Waals surface area (Å²) in [6, 6.07) is -4.05. The number of amides is 11. The fourth-order valence-corrected chi connectivity index (χ4v) is 8.64. The van der Waals surface area contributed by atoms with Crippen LogP contribution in [0.1, 0.15) is 105 Å². The molecule has 17 N–H and O–H groups in total. The molecule has 0 bridgehead atoms. The molecule has 2 heterocycles. The molecule has 77 heavy (non-hydrogen) atoms. The second-order valence-corrected chi connectivity index (χ2v) is 20.6. The third-order valence-electron chi connectivity index (χ3n) is 12.4. The Kier molecular flexibility index (Phi) is 26.0. The van der Waals surface area contributed by atoms with E-state index in [1.54, 1.807) is 27.7 Å². The molecule has 0 aromatic heterocycles. The number of phenols is 1. The maximum Gasteiger partial charge on any atom is 0.245 e. The molecule has 0 unspecified atom stereocenters. The molecular formula is C50H80N14O13. The van der Waals surface area contributed by atoms with E-state index in [2.05, 4.69) is 52.8 Å². The first-order valence-corrected chi connectivity index (χ1v) is 26.0. The number of rotatable bonds is 31. The lowest BCUT2D eigenvalue weighted by Gasteiger charge is -2.30. The average Bonchev–Trinajstić information content (AvgIpc) is 4.04. The van der Waals surface area contributed by atoms with Gasteiger partial charge in [-0.3, -0.25) is 57.7 Å². The molecule has 2 fully saturated rings. The fourth-order valence-electron chi connectivity index (χ4n) is 8.64. The number of carbonyl (C=O) groups excluding carboxylic acids is 11. The molecule has 1 aromatic carbocycles. The highest BCUT2D eigenvalue weighted by Gasteiger charge is 2.39. The van der Waals surface area contributed by atoms with Gasteiger partial charge in [0.1, 0.15) is 54.1 Å². The quantitative estimate of drug-likeness (QED) is 0.0192. The number of aliphatic hydroxyl groups is 1. The number of primary amides is 1. The number of phenolic OH excluding ortho intramolecular Hbond substituents is 1. The van der Waals surface area contributed by atoms with Gasteiger partial charge in [0.2, 0.25) is 65.0 Å². The van der Waals surface area contributed by atoms with Crippen LogP contribution >= 0.6 is 0 Å². The Labute approximate surface area is 447 Å². The van der Waals surface area contributed by atoms with Crippen molar-refractivity contribution in [2.75, 3.05) is 32.8 Å². The van der Waals surface area contributed by atoms with Crippen molar-refractivity contribution in [1.82, 2.24) is 52.8 Å². The fraction of sp³-hybridized carbons (Fsp3) is 0.640. The van der Waals surface area contributed by atoms with Gasteiger partial charge in [-0.2, -0.15) is 0 Å².